The fraction of sp³-hybridized carbons (Fsp3) is 0. The molecule has 3 N–H and O–H groups in total. The van der Waals surface area contributed by atoms with E-state index < -0.39 is 0 Å². The first-order valence-corrected chi connectivity index (χ1v) is 6.68. The van der Waals surface area contributed by atoms with Gasteiger partial charge in [-0.25, -0.2) is 0 Å². The standard InChI is InChI=1S/C15H12BrN3/c16-11-4-5-13(17)15(8-11)19-14-3-1-2-10-9-18-7-6-12(10)14/h1-9,19H,17H2. The molecule has 0 saturated heterocycles. The van der Waals surface area contributed by atoms with Crippen molar-refractivity contribution in [3.8, 4) is 0 Å². The van der Waals surface area contributed by atoms with Crippen molar-refractivity contribution in [2.75, 3.05) is 11.1 Å². The molecule has 0 spiro atoms. The highest BCUT2D eigenvalue weighted by molar-refractivity contribution is 9.10. The second-order valence-electron chi connectivity index (χ2n) is 4.26. The number of hydrogen-bond donors (Lipinski definition) is 2. The van der Waals surface area contributed by atoms with E-state index in [1.54, 1.807) is 6.20 Å². The van der Waals surface area contributed by atoms with E-state index in [0.29, 0.717) is 5.69 Å². The molecule has 3 nitrogen and oxygen atoms in total. The van der Waals surface area contributed by atoms with Gasteiger partial charge in [0.15, 0.2) is 0 Å². The van der Waals surface area contributed by atoms with E-state index >= 15 is 0 Å². The van der Waals surface area contributed by atoms with Crippen LogP contribution in [0.4, 0.5) is 17.1 Å². The summed E-state index contributed by atoms with van der Waals surface area (Å²) in [5.74, 6) is 0. The van der Waals surface area contributed by atoms with Gasteiger partial charge in [-0.2, -0.15) is 0 Å². The van der Waals surface area contributed by atoms with Gasteiger partial charge in [-0.1, -0.05) is 28.1 Å². The number of fused-ring (bicyclic) bond motifs is 1. The number of nitrogens with zero attached hydrogens (tertiary/aromatic N) is 1. The minimum atomic E-state index is 0.717. The van der Waals surface area contributed by atoms with Crippen molar-refractivity contribution in [2.24, 2.45) is 0 Å². The van der Waals surface area contributed by atoms with Crippen LogP contribution in [-0.2, 0) is 0 Å². The van der Waals surface area contributed by atoms with Crippen molar-refractivity contribution in [3.05, 3.63) is 59.3 Å². The van der Waals surface area contributed by atoms with Crippen molar-refractivity contribution >= 4 is 43.8 Å². The molecule has 0 unspecified atom stereocenters. The molecule has 3 rings (SSSR count). The van der Waals surface area contributed by atoms with E-state index in [-0.39, 0.29) is 0 Å². The molecule has 3 aromatic rings. The van der Waals surface area contributed by atoms with Crippen molar-refractivity contribution < 1.29 is 0 Å². The fourth-order valence-electron chi connectivity index (χ4n) is 2.01. The van der Waals surface area contributed by atoms with Crippen LogP contribution in [0.25, 0.3) is 10.8 Å². The molecule has 19 heavy (non-hydrogen) atoms. The molecule has 0 aliphatic heterocycles. The average Bonchev–Trinajstić information content (AvgIpc) is 2.43. The van der Waals surface area contributed by atoms with Gasteiger partial charge in [0.2, 0.25) is 0 Å². The predicted octanol–water partition coefficient (Wildman–Crippen LogP) is 4.32. The molecule has 2 aromatic carbocycles. The van der Waals surface area contributed by atoms with Gasteiger partial charge in [-0.05, 0) is 30.3 Å². The summed E-state index contributed by atoms with van der Waals surface area (Å²) in [4.78, 5) is 4.13. The van der Waals surface area contributed by atoms with Crippen molar-refractivity contribution in [1.82, 2.24) is 4.98 Å². The normalized spacial score (nSPS) is 10.6. The number of hydrogen-bond acceptors (Lipinski definition) is 3. The first-order valence-electron chi connectivity index (χ1n) is 5.89. The third kappa shape index (κ3) is 2.39. The molecule has 0 saturated carbocycles. The first-order chi connectivity index (χ1) is 9.24. The highest BCUT2D eigenvalue weighted by Crippen LogP contribution is 2.30. The van der Waals surface area contributed by atoms with E-state index in [1.165, 1.54) is 0 Å². The van der Waals surface area contributed by atoms with E-state index in [0.717, 1.165) is 26.6 Å². The predicted molar refractivity (Wildman–Crippen MR) is 83.6 cm³/mol. The van der Waals surface area contributed by atoms with Crippen LogP contribution < -0.4 is 11.1 Å². The smallest absolute Gasteiger partial charge is 0.0629 e. The zero-order valence-electron chi connectivity index (χ0n) is 10.1. The van der Waals surface area contributed by atoms with Crippen LogP contribution in [0, 0.1) is 0 Å². The number of nitrogen functional groups attached to an aromatic ring is 1. The Morgan fingerprint density at radius 1 is 1.05 bits per heavy atom. The second-order valence-corrected chi connectivity index (χ2v) is 5.17. The maximum absolute atomic E-state index is 5.99. The first kappa shape index (κ1) is 12.0. The molecule has 4 heteroatoms. The van der Waals surface area contributed by atoms with Crippen LogP contribution in [0.1, 0.15) is 0 Å². The number of pyridine rings is 1. The van der Waals surface area contributed by atoms with Crippen molar-refractivity contribution in [3.63, 3.8) is 0 Å². The quantitative estimate of drug-likeness (QED) is 0.693. The topological polar surface area (TPSA) is 50.9 Å². The molecule has 1 aromatic heterocycles. The largest absolute Gasteiger partial charge is 0.397 e. The number of nitrogens with one attached hydrogen (secondary N) is 1. The maximum Gasteiger partial charge on any atom is 0.0629 e. The van der Waals surface area contributed by atoms with E-state index in [1.807, 2.05) is 48.7 Å². The van der Waals surface area contributed by atoms with Gasteiger partial charge in [0.05, 0.1) is 11.4 Å². The Kier molecular flexibility index (Phi) is 3.09. The summed E-state index contributed by atoms with van der Waals surface area (Å²) in [6.07, 6.45) is 3.64. The van der Waals surface area contributed by atoms with E-state index in [2.05, 4.69) is 26.2 Å². The molecule has 0 fully saturated rings. The van der Waals surface area contributed by atoms with E-state index in [4.69, 9.17) is 5.73 Å². The molecule has 94 valence electrons. The Hall–Kier alpha value is -2.07. The Labute approximate surface area is 119 Å². The molecule has 0 atom stereocenters. The van der Waals surface area contributed by atoms with E-state index in [9.17, 15) is 0 Å². The fourth-order valence-corrected chi connectivity index (χ4v) is 2.37. The van der Waals surface area contributed by atoms with Crippen LogP contribution in [0.2, 0.25) is 0 Å². The summed E-state index contributed by atoms with van der Waals surface area (Å²) in [5, 5.41) is 5.59. The SMILES string of the molecule is Nc1ccc(Br)cc1Nc1cccc2cnccc12. The van der Waals surface area contributed by atoms with Gasteiger partial charge in [-0.3, -0.25) is 4.98 Å². The maximum atomic E-state index is 5.99. The molecule has 0 radical (unpaired) electrons. The zero-order chi connectivity index (χ0) is 13.2. The molecule has 0 aliphatic rings. The minimum Gasteiger partial charge on any atom is -0.397 e. The van der Waals surface area contributed by atoms with Gasteiger partial charge in [0.1, 0.15) is 0 Å². The van der Waals surface area contributed by atoms with Crippen LogP contribution in [0.5, 0.6) is 0 Å². The van der Waals surface area contributed by atoms with Crippen LogP contribution in [0.3, 0.4) is 0 Å². The van der Waals surface area contributed by atoms with Crippen LogP contribution in [0.15, 0.2) is 59.3 Å². The van der Waals surface area contributed by atoms with Gasteiger partial charge in [0, 0.05) is 33.3 Å². The number of nitrogens with two attached hydrogens (primary N) is 1. The summed E-state index contributed by atoms with van der Waals surface area (Å²) >= 11 is 3.45. The third-order valence-corrected chi connectivity index (χ3v) is 3.46. The summed E-state index contributed by atoms with van der Waals surface area (Å²) in [5.41, 5.74) is 8.61. The second kappa shape index (κ2) is 4.90. The highest BCUT2D eigenvalue weighted by atomic mass is 79.9. The monoisotopic (exact) mass is 313 g/mol. The van der Waals surface area contributed by atoms with Gasteiger partial charge in [0.25, 0.3) is 0 Å². The lowest BCUT2D eigenvalue weighted by molar-refractivity contribution is 1.36. The number of halogens is 1. The number of benzene rings is 2. The summed E-state index contributed by atoms with van der Waals surface area (Å²) in [7, 11) is 0. The van der Waals surface area contributed by atoms with Crippen molar-refractivity contribution in [1.29, 1.82) is 0 Å². The van der Waals surface area contributed by atoms with Gasteiger partial charge < -0.3 is 11.1 Å². The Bertz CT molecular complexity index is 735. The summed E-state index contributed by atoms with van der Waals surface area (Å²) in [6.45, 7) is 0. The molecule has 0 bridgehead atoms. The Morgan fingerprint density at radius 3 is 2.84 bits per heavy atom. The number of rotatable bonds is 2. The van der Waals surface area contributed by atoms with Crippen LogP contribution in [-0.4, -0.2) is 4.98 Å². The molecular weight excluding hydrogens is 302 g/mol. The lowest BCUT2D eigenvalue weighted by atomic mass is 10.1. The lowest BCUT2D eigenvalue weighted by Gasteiger charge is -2.12. The third-order valence-electron chi connectivity index (χ3n) is 2.97. The van der Waals surface area contributed by atoms with Crippen molar-refractivity contribution in [2.45, 2.75) is 0 Å². The Balaban J connectivity index is 2.08. The van der Waals surface area contributed by atoms with Crippen LogP contribution >= 0.6 is 15.9 Å². The molecule has 0 amide bonds. The lowest BCUT2D eigenvalue weighted by Crippen LogP contribution is -1.96. The number of aromatic nitrogens is 1. The minimum absolute atomic E-state index is 0.717. The Morgan fingerprint density at radius 2 is 1.95 bits per heavy atom. The summed E-state index contributed by atoms with van der Waals surface area (Å²) < 4.78 is 0.992. The number of anilines is 3. The molecule has 1 heterocycles. The zero-order valence-corrected chi connectivity index (χ0v) is 11.7. The molecular formula is C15H12BrN3. The summed E-state index contributed by atoms with van der Waals surface area (Å²) in [6, 6.07) is 13.8. The van der Waals surface area contributed by atoms with Gasteiger partial charge in [-0.15, -0.1) is 0 Å². The average molecular weight is 314 g/mol. The highest BCUT2D eigenvalue weighted by Gasteiger charge is 2.04. The molecule has 0 aliphatic carbocycles. The van der Waals surface area contributed by atoms with Gasteiger partial charge >= 0.3 is 0 Å².